The van der Waals surface area contributed by atoms with Gasteiger partial charge in [-0.1, -0.05) is 20.8 Å². The summed E-state index contributed by atoms with van der Waals surface area (Å²) in [5.74, 6) is -0.177. The molecule has 0 radical (unpaired) electrons. The second-order valence-corrected chi connectivity index (χ2v) is 5.57. The van der Waals surface area contributed by atoms with E-state index in [1.165, 1.54) is 0 Å². The Morgan fingerprint density at radius 2 is 2.12 bits per heavy atom. The molecule has 1 aliphatic heterocycles. The van der Waals surface area contributed by atoms with Crippen LogP contribution >= 0.6 is 0 Å². The molecule has 4 N–H and O–H groups in total. The van der Waals surface area contributed by atoms with Gasteiger partial charge < -0.3 is 16.4 Å². The van der Waals surface area contributed by atoms with E-state index in [1.807, 2.05) is 0 Å². The van der Waals surface area contributed by atoms with Crippen LogP contribution in [0.25, 0.3) is 0 Å². The molecular weight excluding hydrogens is 206 g/mol. The van der Waals surface area contributed by atoms with Gasteiger partial charge in [-0.15, -0.1) is 0 Å². The zero-order chi connectivity index (χ0) is 12.5. The summed E-state index contributed by atoms with van der Waals surface area (Å²) in [4.78, 5) is 24.2. The minimum absolute atomic E-state index is 0.0663. The lowest BCUT2D eigenvalue weighted by atomic mass is 9.80. The van der Waals surface area contributed by atoms with E-state index in [9.17, 15) is 9.59 Å². The summed E-state index contributed by atoms with van der Waals surface area (Å²) in [6, 6.07) is -0.761. The average molecular weight is 227 g/mol. The van der Waals surface area contributed by atoms with E-state index >= 15 is 0 Å². The van der Waals surface area contributed by atoms with Crippen molar-refractivity contribution in [3.63, 3.8) is 0 Å². The van der Waals surface area contributed by atoms with Crippen LogP contribution in [0.3, 0.4) is 0 Å². The Balaban J connectivity index is 2.59. The number of primary amides is 1. The molecule has 0 aromatic carbocycles. The SMILES string of the molecule is CC(C)(C)C1CC(=O)N(CC(N)C(N)=O)C1. The standard InChI is InChI=1S/C11H21N3O2/c1-11(2,3)7-4-9(15)14(5-7)6-8(12)10(13)16/h7-8H,4-6,12H2,1-3H3,(H2,13,16). The third-order valence-electron chi connectivity index (χ3n) is 3.22. The molecule has 0 aromatic heterocycles. The highest BCUT2D eigenvalue weighted by molar-refractivity contribution is 5.82. The zero-order valence-electron chi connectivity index (χ0n) is 10.2. The summed E-state index contributed by atoms with van der Waals surface area (Å²) in [5.41, 5.74) is 10.7. The van der Waals surface area contributed by atoms with Gasteiger partial charge in [0.1, 0.15) is 6.04 Å². The second kappa shape index (κ2) is 4.41. The maximum Gasteiger partial charge on any atom is 0.236 e. The first-order chi connectivity index (χ1) is 7.21. The molecule has 2 unspecified atom stereocenters. The monoisotopic (exact) mass is 227 g/mol. The van der Waals surface area contributed by atoms with Crippen molar-refractivity contribution in [2.75, 3.05) is 13.1 Å². The number of rotatable bonds is 3. The van der Waals surface area contributed by atoms with Crippen molar-refractivity contribution in [3.8, 4) is 0 Å². The molecule has 92 valence electrons. The van der Waals surface area contributed by atoms with Crippen molar-refractivity contribution in [1.29, 1.82) is 0 Å². The predicted octanol–water partition coefficient (Wildman–Crippen LogP) is -0.306. The van der Waals surface area contributed by atoms with E-state index in [1.54, 1.807) is 4.90 Å². The number of nitrogens with zero attached hydrogens (tertiary/aromatic N) is 1. The Morgan fingerprint density at radius 1 is 1.56 bits per heavy atom. The van der Waals surface area contributed by atoms with Gasteiger partial charge in [-0.25, -0.2) is 0 Å². The molecule has 0 aliphatic carbocycles. The first-order valence-corrected chi connectivity index (χ1v) is 5.54. The fourth-order valence-electron chi connectivity index (χ4n) is 1.86. The molecule has 1 heterocycles. The number of hydrogen-bond acceptors (Lipinski definition) is 3. The lowest BCUT2D eigenvalue weighted by Crippen LogP contribution is -2.46. The molecule has 1 rings (SSSR count). The zero-order valence-corrected chi connectivity index (χ0v) is 10.2. The van der Waals surface area contributed by atoms with Crippen LogP contribution in [-0.4, -0.2) is 35.8 Å². The van der Waals surface area contributed by atoms with E-state index in [0.29, 0.717) is 18.9 Å². The van der Waals surface area contributed by atoms with Crippen LogP contribution < -0.4 is 11.5 Å². The van der Waals surface area contributed by atoms with Crippen LogP contribution in [0.4, 0.5) is 0 Å². The Kier molecular flexibility index (Phi) is 3.57. The summed E-state index contributed by atoms with van der Waals surface area (Å²) < 4.78 is 0. The molecule has 0 aromatic rings. The molecule has 0 saturated carbocycles. The van der Waals surface area contributed by atoms with Gasteiger partial charge in [-0.3, -0.25) is 9.59 Å². The molecule has 1 fully saturated rings. The maximum absolute atomic E-state index is 11.7. The second-order valence-electron chi connectivity index (χ2n) is 5.57. The molecule has 2 amide bonds. The normalized spacial score (nSPS) is 23.6. The summed E-state index contributed by atoms with van der Waals surface area (Å²) in [5, 5.41) is 0. The number of carbonyl (C=O) groups excluding carboxylic acids is 2. The number of amides is 2. The van der Waals surface area contributed by atoms with Gasteiger partial charge in [0.15, 0.2) is 0 Å². The quantitative estimate of drug-likeness (QED) is 0.693. The van der Waals surface area contributed by atoms with Crippen molar-refractivity contribution >= 4 is 11.8 Å². The summed E-state index contributed by atoms with van der Waals surface area (Å²) in [7, 11) is 0. The van der Waals surface area contributed by atoms with E-state index < -0.39 is 11.9 Å². The highest BCUT2D eigenvalue weighted by Crippen LogP contribution is 2.34. The van der Waals surface area contributed by atoms with Gasteiger partial charge >= 0.3 is 0 Å². The largest absolute Gasteiger partial charge is 0.368 e. The van der Waals surface area contributed by atoms with Crippen LogP contribution in [0.5, 0.6) is 0 Å². The number of carbonyl (C=O) groups is 2. The van der Waals surface area contributed by atoms with E-state index in [-0.39, 0.29) is 17.9 Å². The molecular formula is C11H21N3O2. The number of hydrogen-bond donors (Lipinski definition) is 2. The first-order valence-electron chi connectivity index (χ1n) is 5.54. The summed E-state index contributed by atoms with van der Waals surface area (Å²) in [6.07, 6.45) is 0.537. The molecule has 0 bridgehead atoms. The van der Waals surface area contributed by atoms with Gasteiger partial charge in [0, 0.05) is 19.5 Å². The van der Waals surface area contributed by atoms with Crippen molar-refractivity contribution in [2.45, 2.75) is 33.2 Å². The van der Waals surface area contributed by atoms with Crippen LogP contribution in [0.1, 0.15) is 27.2 Å². The molecule has 0 spiro atoms. The highest BCUT2D eigenvalue weighted by Gasteiger charge is 2.37. The fraction of sp³-hybridized carbons (Fsp3) is 0.818. The fourth-order valence-corrected chi connectivity index (χ4v) is 1.86. The lowest BCUT2D eigenvalue weighted by Gasteiger charge is -2.27. The van der Waals surface area contributed by atoms with Gasteiger partial charge in [-0.2, -0.15) is 0 Å². The van der Waals surface area contributed by atoms with E-state index in [2.05, 4.69) is 20.8 Å². The summed E-state index contributed by atoms with van der Waals surface area (Å²) in [6.45, 7) is 7.25. The van der Waals surface area contributed by atoms with Gasteiger partial charge in [0.2, 0.25) is 11.8 Å². The van der Waals surface area contributed by atoms with E-state index in [0.717, 1.165) is 0 Å². The molecule has 1 aliphatic rings. The lowest BCUT2D eigenvalue weighted by molar-refractivity contribution is -0.128. The first kappa shape index (κ1) is 13.0. The van der Waals surface area contributed by atoms with Gasteiger partial charge in [0.25, 0.3) is 0 Å². The van der Waals surface area contributed by atoms with Crippen molar-refractivity contribution in [2.24, 2.45) is 22.8 Å². The predicted molar refractivity (Wildman–Crippen MR) is 61.3 cm³/mol. The van der Waals surface area contributed by atoms with E-state index in [4.69, 9.17) is 11.5 Å². The van der Waals surface area contributed by atoms with Gasteiger partial charge in [-0.05, 0) is 11.3 Å². The van der Waals surface area contributed by atoms with Crippen LogP contribution in [0.15, 0.2) is 0 Å². The molecule has 2 atom stereocenters. The van der Waals surface area contributed by atoms with Crippen LogP contribution in [0.2, 0.25) is 0 Å². The minimum atomic E-state index is -0.761. The number of nitrogens with two attached hydrogens (primary N) is 2. The molecule has 5 heteroatoms. The average Bonchev–Trinajstić information content (AvgIpc) is 2.47. The van der Waals surface area contributed by atoms with Crippen molar-refractivity contribution in [1.82, 2.24) is 4.90 Å². The Hall–Kier alpha value is -1.10. The summed E-state index contributed by atoms with van der Waals surface area (Å²) >= 11 is 0. The third kappa shape index (κ3) is 2.95. The molecule has 16 heavy (non-hydrogen) atoms. The Labute approximate surface area is 96.1 Å². The maximum atomic E-state index is 11.7. The Bertz CT molecular complexity index is 296. The number of likely N-dealkylation sites (tertiary alicyclic amines) is 1. The smallest absolute Gasteiger partial charge is 0.236 e. The van der Waals surface area contributed by atoms with Crippen LogP contribution in [-0.2, 0) is 9.59 Å². The highest BCUT2D eigenvalue weighted by atomic mass is 16.2. The third-order valence-corrected chi connectivity index (χ3v) is 3.22. The van der Waals surface area contributed by atoms with Crippen molar-refractivity contribution in [3.05, 3.63) is 0 Å². The Morgan fingerprint density at radius 3 is 2.50 bits per heavy atom. The topological polar surface area (TPSA) is 89.4 Å². The van der Waals surface area contributed by atoms with Crippen molar-refractivity contribution < 1.29 is 9.59 Å². The molecule has 1 saturated heterocycles. The molecule has 5 nitrogen and oxygen atoms in total. The van der Waals surface area contributed by atoms with Gasteiger partial charge in [0.05, 0.1) is 0 Å². The van der Waals surface area contributed by atoms with Crippen LogP contribution in [0, 0.1) is 11.3 Å². The minimum Gasteiger partial charge on any atom is -0.368 e.